The maximum atomic E-state index is 3.91. The first-order valence-corrected chi connectivity index (χ1v) is 13.3. The first-order chi connectivity index (χ1) is 17.3. The Morgan fingerprint density at radius 1 is 0.838 bits per heavy atom. The summed E-state index contributed by atoms with van der Waals surface area (Å²) in [5.74, 6) is 0.508. The van der Waals surface area contributed by atoms with Gasteiger partial charge in [-0.1, -0.05) is 53.9 Å². The summed E-state index contributed by atoms with van der Waals surface area (Å²) in [6.07, 6.45) is 9.34. The van der Waals surface area contributed by atoms with E-state index < -0.39 is 0 Å². The molecule has 5 aromatic carbocycles. The van der Waals surface area contributed by atoms with E-state index in [0.717, 1.165) is 6.42 Å². The van der Waals surface area contributed by atoms with Crippen LogP contribution in [0.1, 0.15) is 11.1 Å². The second kappa shape index (κ2) is 13.7. The molecule has 0 spiro atoms. The van der Waals surface area contributed by atoms with Crippen molar-refractivity contribution in [1.29, 1.82) is 0 Å². The van der Waals surface area contributed by atoms with Gasteiger partial charge in [0.1, 0.15) is 0 Å². The summed E-state index contributed by atoms with van der Waals surface area (Å²) in [6, 6.07) is 37.3. The second-order valence-electron chi connectivity index (χ2n) is 8.67. The van der Waals surface area contributed by atoms with Gasteiger partial charge in [-0.05, 0) is 28.5 Å². The monoisotopic (exact) mass is 594 g/mol. The molecule has 0 saturated carbocycles. The van der Waals surface area contributed by atoms with Crippen LogP contribution in [0.2, 0.25) is 0 Å². The fourth-order valence-electron chi connectivity index (χ4n) is 4.81. The molecule has 0 radical (unpaired) electrons. The predicted molar refractivity (Wildman–Crippen MR) is 148 cm³/mol. The zero-order chi connectivity index (χ0) is 24.0. The van der Waals surface area contributed by atoms with E-state index in [2.05, 4.69) is 95.2 Å². The summed E-state index contributed by atoms with van der Waals surface area (Å²) < 4.78 is 2.23. The molecule has 0 aliphatic heterocycles. The van der Waals surface area contributed by atoms with Crippen molar-refractivity contribution >= 4 is 25.3 Å². The molecule has 0 heterocycles. The topological polar surface area (TPSA) is 0 Å². The van der Waals surface area contributed by atoms with Gasteiger partial charge in [-0.3, -0.25) is 0 Å². The third-order valence-corrected chi connectivity index (χ3v) is 7.39. The van der Waals surface area contributed by atoms with Gasteiger partial charge < -0.3 is 24.8 Å². The van der Waals surface area contributed by atoms with Crippen LogP contribution in [0.15, 0.2) is 134 Å². The van der Waals surface area contributed by atoms with Crippen molar-refractivity contribution in [2.24, 2.45) is 5.92 Å². The van der Waals surface area contributed by atoms with Gasteiger partial charge in [0.2, 0.25) is 0 Å². The third-order valence-electron chi connectivity index (χ3n) is 6.50. The Kier molecular flexibility index (Phi) is 10.7. The van der Waals surface area contributed by atoms with E-state index >= 15 is 0 Å². The minimum absolute atomic E-state index is 0. The molecule has 1 unspecified atom stereocenters. The molecule has 0 N–H and O–H groups in total. The van der Waals surface area contributed by atoms with Gasteiger partial charge >= 0.3 is 70.3 Å². The molecule has 0 nitrogen and oxygen atoms in total. The molecular formula is C34H26Cl2Zr-2. The van der Waals surface area contributed by atoms with Crippen molar-refractivity contribution in [3.05, 3.63) is 151 Å². The first kappa shape index (κ1) is 28.9. The molecule has 0 fully saturated rings. The molecule has 7 rings (SSSR count). The molecule has 0 bridgehead atoms. The van der Waals surface area contributed by atoms with Gasteiger partial charge in [0.25, 0.3) is 0 Å². The molecule has 5 aromatic rings. The number of halogens is 2. The fourth-order valence-corrected chi connectivity index (χ4v) is 5.61. The molecule has 1 atom stereocenters. The van der Waals surface area contributed by atoms with Crippen LogP contribution in [0.25, 0.3) is 32.7 Å². The Labute approximate surface area is 246 Å². The van der Waals surface area contributed by atoms with Gasteiger partial charge in [-0.2, -0.15) is 18.2 Å². The van der Waals surface area contributed by atoms with Crippen LogP contribution in [0.4, 0.5) is 0 Å². The van der Waals surface area contributed by atoms with Crippen LogP contribution in [0.3, 0.4) is 0 Å². The number of rotatable bonds is 1. The SMILES string of the molecule is C=C1C=CC=CC1[CH]=[Zr+2].[Cl-].[Cl-].[c-]1cccc2c1c1c(c3ccccc32)-c2ccccc2C1.c1cc[cH-]c1. The molecule has 0 saturated heterocycles. The molecular weight excluding hydrogens is 571 g/mol. The normalized spacial score (nSPS) is 14.2. The predicted octanol–water partition coefficient (Wildman–Crippen LogP) is 2.41. The van der Waals surface area contributed by atoms with E-state index in [1.165, 1.54) is 73.6 Å². The van der Waals surface area contributed by atoms with Gasteiger partial charge in [-0.25, -0.2) is 12.1 Å². The third kappa shape index (κ3) is 6.24. The largest absolute Gasteiger partial charge is 1.00 e. The zero-order valence-electron chi connectivity index (χ0n) is 20.4. The number of allylic oxidation sites excluding steroid dienone is 5. The van der Waals surface area contributed by atoms with Gasteiger partial charge in [0.15, 0.2) is 0 Å². The molecule has 2 aliphatic carbocycles. The quantitative estimate of drug-likeness (QED) is 0.202. The number of benzene rings is 4. The maximum absolute atomic E-state index is 3.91. The second-order valence-corrected chi connectivity index (χ2v) is 9.48. The van der Waals surface area contributed by atoms with E-state index in [1.807, 2.05) is 42.5 Å². The summed E-state index contributed by atoms with van der Waals surface area (Å²) in [7, 11) is 0. The van der Waals surface area contributed by atoms with Crippen LogP contribution in [-0.4, -0.2) is 3.71 Å². The summed E-state index contributed by atoms with van der Waals surface area (Å²) in [5.41, 5.74) is 6.88. The Bertz CT molecular complexity index is 1540. The van der Waals surface area contributed by atoms with Crippen molar-refractivity contribution in [3.63, 3.8) is 0 Å². The Hall–Kier alpha value is -2.70. The fraction of sp³-hybridized carbons (Fsp3) is 0.0588. The Balaban J connectivity index is 0.000000199. The van der Waals surface area contributed by atoms with Crippen LogP contribution < -0.4 is 24.8 Å². The van der Waals surface area contributed by atoms with Crippen LogP contribution in [-0.2, 0) is 30.7 Å². The van der Waals surface area contributed by atoms with Crippen molar-refractivity contribution in [3.8, 4) is 11.1 Å². The van der Waals surface area contributed by atoms with Crippen molar-refractivity contribution in [2.75, 3.05) is 0 Å². The van der Waals surface area contributed by atoms with Gasteiger partial charge in [0, 0.05) is 0 Å². The summed E-state index contributed by atoms with van der Waals surface area (Å²) >= 11 is 1.47. The van der Waals surface area contributed by atoms with E-state index in [4.69, 9.17) is 0 Å². The Morgan fingerprint density at radius 3 is 2.22 bits per heavy atom. The van der Waals surface area contributed by atoms with E-state index in [1.54, 1.807) is 0 Å². The molecule has 37 heavy (non-hydrogen) atoms. The maximum Gasteiger partial charge on any atom is -0.0240 e. The van der Waals surface area contributed by atoms with Crippen molar-refractivity contribution in [2.45, 2.75) is 6.42 Å². The molecule has 2 aliphatic rings. The average molecular weight is 597 g/mol. The minimum Gasteiger partial charge on any atom is -1.00 e. The van der Waals surface area contributed by atoms with Crippen molar-refractivity contribution in [1.82, 2.24) is 0 Å². The van der Waals surface area contributed by atoms with Crippen LogP contribution in [0, 0.1) is 12.0 Å². The van der Waals surface area contributed by atoms with Gasteiger partial charge in [-0.15, -0.1) is 40.6 Å². The first-order valence-electron chi connectivity index (χ1n) is 11.9. The standard InChI is InChI=1S/C21H13.C8H8.C5H5.2ClH.Zr/c1-2-8-15-14(7-1)13-20-18-11-4-3-9-16(18)17-10-5-6-12-19(17)21(15)20;1-7-5-3-4-6-8(7)2;1-2-4-5-3-1;;;/h1-10,12H,13H2;1,3-7H,2H2;1-5H;2*1H;/q-1;;-1;;;+2/p-2. The van der Waals surface area contributed by atoms with Crippen molar-refractivity contribution < 1.29 is 49.0 Å². The van der Waals surface area contributed by atoms with Crippen LogP contribution >= 0.6 is 0 Å². The van der Waals surface area contributed by atoms with Crippen LogP contribution in [0.5, 0.6) is 0 Å². The van der Waals surface area contributed by atoms with E-state index in [0.29, 0.717) is 5.92 Å². The molecule has 182 valence electrons. The smallest absolute Gasteiger partial charge is 0.0240 e. The van der Waals surface area contributed by atoms with E-state index in [-0.39, 0.29) is 24.8 Å². The minimum atomic E-state index is 0. The molecule has 0 aromatic heterocycles. The van der Waals surface area contributed by atoms with E-state index in [9.17, 15) is 0 Å². The average Bonchev–Trinajstić information content (AvgIpc) is 3.62. The summed E-state index contributed by atoms with van der Waals surface area (Å²) in [4.78, 5) is 0. The summed E-state index contributed by atoms with van der Waals surface area (Å²) in [5, 5.41) is 5.30. The Morgan fingerprint density at radius 2 is 1.54 bits per heavy atom. The molecule has 3 heteroatoms. The zero-order valence-corrected chi connectivity index (χ0v) is 24.3. The number of fused-ring (bicyclic) bond motifs is 8. The summed E-state index contributed by atoms with van der Waals surface area (Å²) in [6.45, 7) is 3.91. The number of hydrogen-bond acceptors (Lipinski definition) is 0. The number of hydrogen-bond donors (Lipinski definition) is 0. The van der Waals surface area contributed by atoms with Gasteiger partial charge in [0.05, 0.1) is 0 Å². The molecule has 0 amide bonds.